The summed E-state index contributed by atoms with van der Waals surface area (Å²) in [7, 11) is 0. The molecule has 2 aromatic rings. The summed E-state index contributed by atoms with van der Waals surface area (Å²) in [4.78, 5) is 16.9. The second-order valence-electron chi connectivity index (χ2n) is 7.01. The Labute approximate surface area is 159 Å². The van der Waals surface area contributed by atoms with Gasteiger partial charge >= 0.3 is 0 Å². The highest BCUT2D eigenvalue weighted by Gasteiger charge is 2.22. The number of fused-ring (bicyclic) bond motifs is 1. The monoisotopic (exact) mass is 367 g/mol. The van der Waals surface area contributed by atoms with Crippen molar-refractivity contribution < 1.29 is 14.3 Å². The molecule has 2 heterocycles. The molecule has 0 atom stereocenters. The van der Waals surface area contributed by atoms with Crippen molar-refractivity contribution in [3.05, 3.63) is 47.5 Å². The van der Waals surface area contributed by atoms with Gasteiger partial charge in [-0.15, -0.1) is 0 Å². The zero-order valence-electron chi connectivity index (χ0n) is 15.8. The molecule has 1 fully saturated rings. The van der Waals surface area contributed by atoms with Crippen LogP contribution in [0.4, 0.5) is 11.4 Å². The zero-order valence-corrected chi connectivity index (χ0v) is 15.8. The van der Waals surface area contributed by atoms with E-state index in [0.29, 0.717) is 0 Å². The van der Waals surface area contributed by atoms with Crippen LogP contribution < -0.4 is 19.7 Å². The Morgan fingerprint density at radius 1 is 1.04 bits per heavy atom. The molecule has 4 rings (SSSR count). The molecule has 142 valence electrons. The van der Waals surface area contributed by atoms with Gasteiger partial charge in [0.15, 0.2) is 11.5 Å². The van der Waals surface area contributed by atoms with E-state index < -0.39 is 0 Å². The predicted octanol–water partition coefficient (Wildman–Crippen LogP) is 2.79. The minimum atomic E-state index is 0.119. The van der Waals surface area contributed by atoms with Crippen molar-refractivity contribution in [2.75, 3.05) is 49.7 Å². The summed E-state index contributed by atoms with van der Waals surface area (Å²) in [6.45, 7) is 8.05. The van der Waals surface area contributed by atoms with E-state index in [1.807, 2.05) is 23.1 Å². The Bertz CT molecular complexity index is 845. The molecule has 0 unspecified atom stereocenters. The molecule has 6 heteroatoms. The third-order valence-electron chi connectivity index (χ3n) is 5.37. The van der Waals surface area contributed by atoms with Crippen molar-refractivity contribution in [3.8, 4) is 11.5 Å². The minimum Gasteiger partial charge on any atom is -0.454 e. The summed E-state index contributed by atoms with van der Waals surface area (Å²) in [5, 5.41) is 3.19. The van der Waals surface area contributed by atoms with Gasteiger partial charge in [0.05, 0.1) is 6.54 Å². The van der Waals surface area contributed by atoms with Crippen molar-refractivity contribution in [2.24, 2.45) is 0 Å². The fraction of sp³-hybridized carbons (Fsp3) is 0.381. The number of hydrogen-bond acceptors (Lipinski definition) is 5. The Balaban J connectivity index is 1.30. The number of rotatable bonds is 4. The van der Waals surface area contributed by atoms with Crippen LogP contribution in [0.25, 0.3) is 0 Å². The zero-order chi connectivity index (χ0) is 18.8. The number of hydrogen-bond donors (Lipinski definition) is 1. The molecule has 27 heavy (non-hydrogen) atoms. The maximum absolute atomic E-state index is 12.6. The number of anilines is 2. The van der Waals surface area contributed by atoms with Gasteiger partial charge < -0.3 is 24.6 Å². The molecule has 0 aromatic heterocycles. The molecular weight excluding hydrogens is 342 g/mol. The van der Waals surface area contributed by atoms with Gasteiger partial charge in [-0.1, -0.05) is 12.1 Å². The van der Waals surface area contributed by atoms with Crippen LogP contribution in [0.3, 0.4) is 0 Å². The number of piperazine rings is 1. The first-order valence-corrected chi connectivity index (χ1v) is 9.34. The average molecular weight is 367 g/mol. The Hall–Kier alpha value is -2.89. The quantitative estimate of drug-likeness (QED) is 0.901. The number of nitrogens with one attached hydrogen (secondary N) is 1. The number of carbonyl (C=O) groups excluding carboxylic acids is 1. The number of amides is 1. The number of benzene rings is 2. The van der Waals surface area contributed by atoms with E-state index in [0.717, 1.165) is 43.4 Å². The summed E-state index contributed by atoms with van der Waals surface area (Å²) in [6.07, 6.45) is 0. The van der Waals surface area contributed by atoms with E-state index in [-0.39, 0.29) is 19.2 Å². The fourth-order valence-corrected chi connectivity index (χ4v) is 3.57. The lowest BCUT2D eigenvalue weighted by atomic mass is 10.1. The molecule has 2 aliphatic heterocycles. The van der Waals surface area contributed by atoms with Crippen LogP contribution in [0.1, 0.15) is 11.1 Å². The highest BCUT2D eigenvalue weighted by atomic mass is 16.7. The van der Waals surface area contributed by atoms with E-state index in [1.54, 1.807) is 0 Å². The summed E-state index contributed by atoms with van der Waals surface area (Å²) < 4.78 is 10.7. The number of aryl methyl sites for hydroxylation is 1. The molecule has 0 bridgehead atoms. The topological polar surface area (TPSA) is 54.0 Å². The van der Waals surface area contributed by atoms with Gasteiger partial charge in [-0.3, -0.25) is 4.79 Å². The second-order valence-corrected chi connectivity index (χ2v) is 7.01. The van der Waals surface area contributed by atoms with Gasteiger partial charge in [-0.2, -0.15) is 0 Å². The van der Waals surface area contributed by atoms with Crippen LogP contribution in [-0.2, 0) is 4.79 Å². The second kappa shape index (κ2) is 7.39. The first-order valence-electron chi connectivity index (χ1n) is 9.34. The van der Waals surface area contributed by atoms with Gasteiger partial charge in [-0.05, 0) is 43.2 Å². The van der Waals surface area contributed by atoms with E-state index >= 15 is 0 Å². The number of nitrogens with zero attached hydrogens (tertiary/aromatic N) is 2. The van der Waals surface area contributed by atoms with E-state index in [2.05, 4.69) is 42.3 Å². The van der Waals surface area contributed by atoms with Crippen LogP contribution in [0.2, 0.25) is 0 Å². The Kier molecular flexibility index (Phi) is 4.79. The normalized spacial score (nSPS) is 15.8. The molecule has 2 aromatic carbocycles. The maximum Gasteiger partial charge on any atom is 0.241 e. The van der Waals surface area contributed by atoms with E-state index in [9.17, 15) is 4.79 Å². The summed E-state index contributed by atoms with van der Waals surface area (Å²) in [5.41, 5.74) is 4.77. The van der Waals surface area contributed by atoms with Gasteiger partial charge in [-0.25, -0.2) is 0 Å². The maximum atomic E-state index is 12.6. The molecule has 1 N–H and O–H groups in total. The minimum absolute atomic E-state index is 0.119. The predicted molar refractivity (Wildman–Crippen MR) is 106 cm³/mol. The first kappa shape index (κ1) is 17.5. The Morgan fingerprint density at radius 3 is 2.63 bits per heavy atom. The molecule has 0 spiro atoms. The summed E-state index contributed by atoms with van der Waals surface area (Å²) in [5.74, 6) is 1.58. The van der Waals surface area contributed by atoms with Gasteiger partial charge in [0, 0.05) is 43.6 Å². The van der Waals surface area contributed by atoms with E-state index in [1.165, 1.54) is 16.8 Å². The van der Waals surface area contributed by atoms with Gasteiger partial charge in [0.2, 0.25) is 12.7 Å². The van der Waals surface area contributed by atoms with Crippen molar-refractivity contribution in [1.82, 2.24) is 4.90 Å². The molecular formula is C21H25N3O3. The lowest BCUT2D eigenvalue weighted by molar-refractivity contribution is -0.129. The van der Waals surface area contributed by atoms with Crippen molar-refractivity contribution >= 4 is 17.3 Å². The van der Waals surface area contributed by atoms with Crippen molar-refractivity contribution in [3.63, 3.8) is 0 Å². The molecule has 0 radical (unpaired) electrons. The molecule has 6 nitrogen and oxygen atoms in total. The number of carbonyl (C=O) groups is 1. The molecule has 0 aliphatic carbocycles. The third kappa shape index (κ3) is 3.65. The van der Waals surface area contributed by atoms with Gasteiger partial charge in [0.1, 0.15) is 0 Å². The van der Waals surface area contributed by atoms with Gasteiger partial charge in [0.25, 0.3) is 0 Å². The Morgan fingerprint density at radius 2 is 1.81 bits per heavy atom. The molecule has 1 saturated heterocycles. The summed E-state index contributed by atoms with van der Waals surface area (Å²) >= 11 is 0. The fourth-order valence-electron chi connectivity index (χ4n) is 3.57. The lowest BCUT2D eigenvalue weighted by Crippen LogP contribution is -2.50. The van der Waals surface area contributed by atoms with Crippen molar-refractivity contribution in [1.29, 1.82) is 0 Å². The van der Waals surface area contributed by atoms with Crippen LogP contribution in [0.15, 0.2) is 36.4 Å². The SMILES string of the molecule is Cc1cccc(N2CCN(C(=O)CNc3ccc4c(c3)OCO4)CC2)c1C. The van der Waals surface area contributed by atoms with Crippen LogP contribution in [0.5, 0.6) is 11.5 Å². The number of ether oxygens (including phenoxy) is 2. The molecule has 2 aliphatic rings. The van der Waals surface area contributed by atoms with Crippen LogP contribution in [0, 0.1) is 13.8 Å². The lowest BCUT2D eigenvalue weighted by Gasteiger charge is -2.37. The highest BCUT2D eigenvalue weighted by Crippen LogP contribution is 2.34. The summed E-state index contributed by atoms with van der Waals surface area (Å²) in [6, 6.07) is 12.0. The smallest absolute Gasteiger partial charge is 0.241 e. The highest BCUT2D eigenvalue weighted by molar-refractivity contribution is 5.81. The third-order valence-corrected chi connectivity index (χ3v) is 5.37. The largest absolute Gasteiger partial charge is 0.454 e. The first-order chi connectivity index (χ1) is 13.1. The van der Waals surface area contributed by atoms with Crippen LogP contribution >= 0.6 is 0 Å². The van der Waals surface area contributed by atoms with Crippen molar-refractivity contribution in [2.45, 2.75) is 13.8 Å². The standard InChI is InChI=1S/C21H25N3O3/c1-15-4-3-5-18(16(15)2)23-8-10-24(11-9-23)21(25)13-22-17-6-7-19-20(12-17)27-14-26-19/h3-7,12,22H,8-11,13-14H2,1-2H3. The molecule has 1 amide bonds. The average Bonchev–Trinajstić information content (AvgIpc) is 3.16. The van der Waals surface area contributed by atoms with Crippen LogP contribution in [-0.4, -0.2) is 50.3 Å². The molecule has 0 saturated carbocycles. The van der Waals surface area contributed by atoms with E-state index in [4.69, 9.17) is 9.47 Å².